The lowest BCUT2D eigenvalue weighted by Crippen LogP contribution is -2.53. The minimum atomic E-state index is 0.130. The Balaban J connectivity index is 2.12. The molecule has 2 N–H and O–H groups in total. The van der Waals surface area contributed by atoms with Crippen LogP contribution in [0.5, 0.6) is 5.75 Å². The van der Waals surface area contributed by atoms with E-state index in [1.807, 2.05) is 19.1 Å². The van der Waals surface area contributed by atoms with Crippen molar-refractivity contribution in [1.29, 1.82) is 0 Å². The molecule has 0 bridgehead atoms. The molecule has 0 amide bonds. The van der Waals surface area contributed by atoms with Crippen molar-refractivity contribution >= 4 is 0 Å². The van der Waals surface area contributed by atoms with Crippen LogP contribution in [0.1, 0.15) is 44.0 Å². The molecular formula is C17H29N3O. The van der Waals surface area contributed by atoms with Gasteiger partial charge in [-0.3, -0.25) is 9.88 Å². The Morgan fingerprint density at radius 3 is 2.62 bits per heavy atom. The van der Waals surface area contributed by atoms with E-state index in [1.165, 1.54) is 25.7 Å². The van der Waals surface area contributed by atoms with Gasteiger partial charge in [0.25, 0.3) is 0 Å². The molecule has 1 aromatic heterocycles. The molecule has 0 radical (unpaired) electrons. The number of hydrogen-bond donors (Lipinski definition) is 1. The summed E-state index contributed by atoms with van der Waals surface area (Å²) in [5, 5.41) is 0. The third-order valence-corrected chi connectivity index (χ3v) is 5.01. The predicted octanol–water partition coefficient (Wildman–Crippen LogP) is 2.74. The zero-order chi connectivity index (χ0) is 15.5. The highest BCUT2D eigenvalue weighted by molar-refractivity contribution is 5.26. The summed E-state index contributed by atoms with van der Waals surface area (Å²) in [6.45, 7) is 5.89. The molecule has 1 aromatic rings. The lowest BCUT2D eigenvalue weighted by molar-refractivity contribution is 0.0605. The van der Waals surface area contributed by atoms with E-state index in [-0.39, 0.29) is 5.54 Å². The van der Waals surface area contributed by atoms with Gasteiger partial charge in [-0.05, 0) is 45.6 Å². The molecule has 0 saturated heterocycles. The number of methoxy groups -OCH3 is 1. The fraction of sp³-hybridized carbons (Fsp3) is 0.706. The van der Waals surface area contributed by atoms with Crippen LogP contribution in [0.3, 0.4) is 0 Å². The van der Waals surface area contributed by atoms with Crippen LogP contribution >= 0.6 is 0 Å². The van der Waals surface area contributed by atoms with Crippen molar-refractivity contribution in [3.63, 3.8) is 0 Å². The Morgan fingerprint density at radius 1 is 1.38 bits per heavy atom. The Labute approximate surface area is 128 Å². The van der Waals surface area contributed by atoms with Gasteiger partial charge in [-0.2, -0.15) is 0 Å². The van der Waals surface area contributed by atoms with Crippen molar-refractivity contribution in [1.82, 2.24) is 9.88 Å². The number of hydrogen-bond acceptors (Lipinski definition) is 4. The SMILES string of the molecule is COc1cc(C)nc(CN(C)C2(CN)CCC(C)CC2)c1. The second-order valence-corrected chi connectivity index (χ2v) is 6.61. The maximum atomic E-state index is 6.14. The number of nitrogens with zero attached hydrogens (tertiary/aromatic N) is 2. The van der Waals surface area contributed by atoms with Gasteiger partial charge in [-0.15, -0.1) is 0 Å². The summed E-state index contributed by atoms with van der Waals surface area (Å²) in [6, 6.07) is 3.99. The third kappa shape index (κ3) is 3.74. The highest BCUT2D eigenvalue weighted by Crippen LogP contribution is 2.35. The van der Waals surface area contributed by atoms with Crippen molar-refractivity contribution in [3.8, 4) is 5.75 Å². The van der Waals surface area contributed by atoms with Gasteiger partial charge in [-0.25, -0.2) is 0 Å². The first-order chi connectivity index (χ1) is 9.99. The molecular weight excluding hydrogens is 262 g/mol. The van der Waals surface area contributed by atoms with E-state index in [1.54, 1.807) is 7.11 Å². The summed E-state index contributed by atoms with van der Waals surface area (Å²) in [5.74, 6) is 1.71. The maximum absolute atomic E-state index is 6.14. The Kier molecular flexibility index (Phi) is 5.22. The minimum absolute atomic E-state index is 0.130. The molecule has 21 heavy (non-hydrogen) atoms. The van der Waals surface area contributed by atoms with Crippen LogP contribution in [0, 0.1) is 12.8 Å². The van der Waals surface area contributed by atoms with Gasteiger partial charge >= 0.3 is 0 Å². The van der Waals surface area contributed by atoms with Gasteiger partial charge in [-0.1, -0.05) is 6.92 Å². The molecule has 0 spiro atoms. The summed E-state index contributed by atoms with van der Waals surface area (Å²) in [7, 11) is 3.88. The first-order valence-corrected chi connectivity index (χ1v) is 7.92. The third-order valence-electron chi connectivity index (χ3n) is 5.01. The molecule has 0 aromatic carbocycles. The molecule has 0 unspecified atom stereocenters. The predicted molar refractivity (Wildman–Crippen MR) is 86.4 cm³/mol. The first kappa shape index (κ1) is 16.2. The van der Waals surface area contributed by atoms with Gasteiger partial charge in [0, 0.05) is 36.5 Å². The fourth-order valence-electron chi connectivity index (χ4n) is 3.35. The lowest BCUT2D eigenvalue weighted by atomic mass is 9.76. The molecule has 0 aliphatic heterocycles. The van der Waals surface area contributed by atoms with E-state index in [4.69, 9.17) is 10.5 Å². The van der Waals surface area contributed by atoms with E-state index in [2.05, 4.69) is 23.9 Å². The monoisotopic (exact) mass is 291 g/mol. The van der Waals surface area contributed by atoms with Gasteiger partial charge in [0.2, 0.25) is 0 Å². The van der Waals surface area contributed by atoms with Gasteiger partial charge in [0.05, 0.1) is 12.8 Å². The number of aryl methyl sites for hydroxylation is 1. The van der Waals surface area contributed by atoms with Gasteiger partial charge in [0.1, 0.15) is 5.75 Å². The second-order valence-electron chi connectivity index (χ2n) is 6.61. The highest BCUT2D eigenvalue weighted by atomic mass is 16.5. The Morgan fingerprint density at radius 2 is 2.05 bits per heavy atom. The van der Waals surface area contributed by atoms with Crippen LogP contribution in [0.15, 0.2) is 12.1 Å². The molecule has 1 aliphatic carbocycles. The van der Waals surface area contributed by atoms with Crippen molar-refractivity contribution < 1.29 is 4.74 Å². The largest absolute Gasteiger partial charge is 0.497 e. The molecule has 118 valence electrons. The normalized spacial score (nSPS) is 26.1. The number of pyridine rings is 1. The van der Waals surface area contributed by atoms with Crippen LogP contribution in [0.2, 0.25) is 0 Å². The first-order valence-electron chi connectivity index (χ1n) is 7.92. The Hall–Kier alpha value is -1.13. The summed E-state index contributed by atoms with van der Waals surface area (Å²) in [4.78, 5) is 7.04. The number of aromatic nitrogens is 1. The molecule has 1 fully saturated rings. The van der Waals surface area contributed by atoms with E-state index >= 15 is 0 Å². The molecule has 1 aliphatic rings. The van der Waals surface area contributed by atoms with Crippen LogP contribution < -0.4 is 10.5 Å². The molecule has 2 rings (SSSR count). The molecule has 4 heteroatoms. The van der Waals surface area contributed by atoms with E-state index < -0.39 is 0 Å². The topological polar surface area (TPSA) is 51.4 Å². The minimum Gasteiger partial charge on any atom is -0.497 e. The summed E-state index contributed by atoms with van der Waals surface area (Å²) in [6.07, 6.45) is 4.91. The van der Waals surface area contributed by atoms with Crippen molar-refractivity contribution in [2.75, 3.05) is 20.7 Å². The molecule has 1 saturated carbocycles. The summed E-state index contributed by atoms with van der Waals surface area (Å²) >= 11 is 0. The quantitative estimate of drug-likeness (QED) is 0.906. The Bertz CT molecular complexity index is 467. The summed E-state index contributed by atoms with van der Waals surface area (Å²) < 4.78 is 5.35. The van der Waals surface area contributed by atoms with Crippen LogP contribution in [-0.4, -0.2) is 36.1 Å². The van der Waals surface area contributed by atoms with Crippen LogP contribution in [0.25, 0.3) is 0 Å². The smallest absolute Gasteiger partial charge is 0.122 e. The van der Waals surface area contributed by atoms with E-state index in [0.29, 0.717) is 0 Å². The van der Waals surface area contributed by atoms with Crippen LogP contribution in [0.4, 0.5) is 0 Å². The van der Waals surface area contributed by atoms with Gasteiger partial charge in [0.15, 0.2) is 0 Å². The fourth-order valence-corrected chi connectivity index (χ4v) is 3.35. The highest BCUT2D eigenvalue weighted by Gasteiger charge is 2.36. The number of rotatable bonds is 5. The number of ether oxygens (including phenoxy) is 1. The van der Waals surface area contributed by atoms with Crippen molar-refractivity contribution in [2.24, 2.45) is 11.7 Å². The van der Waals surface area contributed by atoms with E-state index in [0.717, 1.165) is 36.1 Å². The maximum Gasteiger partial charge on any atom is 0.122 e. The number of nitrogens with two attached hydrogens (primary N) is 1. The van der Waals surface area contributed by atoms with Crippen molar-refractivity contribution in [3.05, 3.63) is 23.5 Å². The molecule has 4 nitrogen and oxygen atoms in total. The zero-order valence-corrected chi connectivity index (χ0v) is 13.9. The summed E-state index contributed by atoms with van der Waals surface area (Å²) in [5.41, 5.74) is 8.32. The van der Waals surface area contributed by atoms with Crippen molar-refractivity contribution in [2.45, 2.75) is 51.6 Å². The second kappa shape index (κ2) is 6.75. The zero-order valence-electron chi connectivity index (χ0n) is 13.9. The molecule has 0 atom stereocenters. The average Bonchev–Trinajstić information content (AvgIpc) is 2.47. The number of likely N-dealkylation sites (N-methyl/N-ethyl adjacent to an activating group) is 1. The lowest BCUT2D eigenvalue weighted by Gasteiger charge is -2.45. The van der Waals surface area contributed by atoms with Gasteiger partial charge < -0.3 is 10.5 Å². The van der Waals surface area contributed by atoms with E-state index in [9.17, 15) is 0 Å². The van der Waals surface area contributed by atoms with Crippen LogP contribution in [-0.2, 0) is 6.54 Å². The standard InChI is InChI=1S/C17H29N3O/c1-13-5-7-17(12-18,8-6-13)20(3)11-15-10-16(21-4)9-14(2)19-15/h9-10,13H,5-8,11-12,18H2,1-4H3. The molecule has 1 heterocycles. The average molecular weight is 291 g/mol.